The monoisotopic (exact) mass is 485 g/mol. The minimum Gasteiger partial charge on any atom is -0.495 e. The van der Waals surface area contributed by atoms with Crippen molar-refractivity contribution in [2.24, 2.45) is 0 Å². The fourth-order valence-electron chi connectivity index (χ4n) is 3.52. The number of nitrogens with zero attached hydrogens (tertiary/aromatic N) is 3. The zero-order chi connectivity index (χ0) is 22.6. The standard InChI is InChI=1S/C21H25Cl2N3O4S/c1-3-26(31(28,29)20-14-16(22)8-9-17(20)23)15-21(27)25-12-10-24(11-13-25)18-6-4-5-7-19(18)30-2/h4-9,14H,3,10-13,15H2,1-2H3. The molecule has 1 aliphatic heterocycles. The van der Waals surface area contributed by atoms with E-state index in [1.54, 1.807) is 18.9 Å². The van der Waals surface area contributed by atoms with E-state index < -0.39 is 10.0 Å². The van der Waals surface area contributed by atoms with E-state index in [4.69, 9.17) is 27.9 Å². The molecular formula is C21H25Cl2N3O4S. The summed E-state index contributed by atoms with van der Waals surface area (Å²) < 4.78 is 32.7. The topological polar surface area (TPSA) is 70.2 Å². The van der Waals surface area contributed by atoms with E-state index in [2.05, 4.69) is 4.90 Å². The number of benzene rings is 2. The van der Waals surface area contributed by atoms with Gasteiger partial charge in [-0.15, -0.1) is 0 Å². The molecule has 1 fully saturated rings. The first-order valence-electron chi connectivity index (χ1n) is 9.89. The van der Waals surface area contributed by atoms with Crippen molar-refractivity contribution in [1.82, 2.24) is 9.21 Å². The van der Waals surface area contributed by atoms with Gasteiger partial charge in [0, 0.05) is 37.7 Å². The van der Waals surface area contributed by atoms with E-state index in [0.29, 0.717) is 26.2 Å². The number of ether oxygens (including phenoxy) is 1. The molecular weight excluding hydrogens is 461 g/mol. The molecule has 0 aliphatic carbocycles. The highest BCUT2D eigenvalue weighted by Gasteiger charge is 2.30. The lowest BCUT2D eigenvalue weighted by atomic mass is 10.2. The van der Waals surface area contributed by atoms with Crippen molar-refractivity contribution in [3.8, 4) is 5.75 Å². The van der Waals surface area contributed by atoms with Crippen molar-refractivity contribution in [2.45, 2.75) is 11.8 Å². The Morgan fingerprint density at radius 1 is 1.10 bits per heavy atom. The van der Waals surface area contributed by atoms with Crippen LogP contribution in [0.3, 0.4) is 0 Å². The number of likely N-dealkylation sites (N-methyl/N-ethyl adjacent to an activating group) is 1. The predicted molar refractivity (Wildman–Crippen MR) is 123 cm³/mol. The van der Waals surface area contributed by atoms with Gasteiger partial charge in [0.05, 0.1) is 24.4 Å². The molecule has 1 amide bonds. The summed E-state index contributed by atoms with van der Waals surface area (Å²) in [5, 5.41) is 0.332. The second-order valence-corrected chi connectivity index (χ2v) is 9.80. The van der Waals surface area contributed by atoms with Gasteiger partial charge in [-0.25, -0.2) is 8.42 Å². The lowest BCUT2D eigenvalue weighted by molar-refractivity contribution is -0.131. The van der Waals surface area contributed by atoms with Crippen LogP contribution in [0.4, 0.5) is 5.69 Å². The average Bonchev–Trinajstić information content (AvgIpc) is 2.78. The van der Waals surface area contributed by atoms with E-state index >= 15 is 0 Å². The highest BCUT2D eigenvalue weighted by molar-refractivity contribution is 7.89. The first kappa shape index (κ1) is 23.7. The maximum absolute atomic E-state index is 13.1. The molecule has 7 nitrogen and oxygen atoms in total. The zero-order valence-electron chi connectivity index (χ0n) is 17.4. The molecule has 0 atom stereocenters. The van der Waals surface area contributed by atoms with E-state index in [-0.39, 0.29) is 33.9 Å². The van der Waals surface area contributed by atoms with Crippen molar-refractivity contribution in [3.63, 3.8) is 0 Å². The molecule has 10 heteroatoms. The Balaban J connectivity index is 1.67. The summed E-state index contributed by atoms with van der Waals surface area (Å²) in [7, 11) is -2.33. The van der Waals surface area contributed by atoms with Crippen LogP contribution in [0.1, 0.15) is 6.92 Å². The number of anilines is 1. The number of halogens is 2. The number of amides is 1. The van der Waals surface area contributed by atoms with Gasteiger partial charge in [-0.05, 0) is 30.3 Å². The van der Waals surface area contributed by atoms with Gasteiger partial charge in [0.1, 0.15) is 10.6 Å². The largest absolute Gasteiger partial charge is 0.495 e. The molecule has 1 heterocycles. The number of hydrogen-bond donors (Lipinski definition) is 0. The number of rotatable bonds is 7. The third-order valence-electron chi connectivity index (χ3n) is 5.23. The lowest BCUT2D eigenvalue weighted by Crippen LogP contribution is -2.52. The summed E-state index contributed by atoms with van der Waals surface area (Å²) in [5.74, 6) is 0.534. The molecule has 1 saturated heterocycles. The maximum Gasteiger partial charge on any atom is 0.245 e. The molecule has 2 aromatic rings. The minimum absolute atomic E-state index is 0.0701. The summed E-state index contributed by atoms with van der Waals surface area (Å²) >= 11 is 12.0. The maximum atomic E-state index is 13.1. The third-order valence-corrected chi connectivity index (χ3v) is 7.87. The van der Waals surface area contributed by atoms with E-state index in [0.717, 1.165) is 15.7 Å². The third kappa shape index (κ3) is 5.26. The minimum atomic E-state index is -3.96. The fraction of sp³-hybridized carbons (Fsp3) is 0.381. The molecule has 0 spiro atoms. The molecule has 2 aromatic carbocycles. The Morgan fingerprint density at radius 2 is 1.77 bits per heavy atom. The molecule has 0 unspecified atom stereocenters. The number of para-hydroxylation sites is 2. The molecule has 0 saturated carbocycles. The summed E-state index contributed by atoms with van der Waals surface area (Å²) in [6, 6.07) is 12.0. The molecule has 0 radical (unpaired) electrons. The number of sulfonamides is 1. The van der Waals surface area contributed by atoms with Crippen molar-refractivity contribution >= 4 is 44.8 Å². The second kappa shape index (κ2) is 10.1. The number of carbonyl (C=O) groups is 1. The lowest BCUT2D eigenvalue weighted by Gasteiger charge is -2.37. The summed E-state index contributed by atoms with van der Waals surface area (Å²) in [6.07, 6.45) is 0. The summed E-state index contributed by atoms with van der Waals surface area (Å²) in [5.41, 5.74) is 0.977. The van der Waals surface area contributed by atoms with Gasteiger partial charge in [-0.1, -0.05) is 42.3 Å². The number of hydrogen-bond acceptors (Lipinski definition) is 5. The van der Waals surface area contributed by atoms with Crippen molar-refractivity contribution in [1.29, 1.82) is 0 Å². The van der Waals surface area contributed by atoms with Crippen LogP contribution in [0.2, 0.25) is 10.0 Å². The molecule has 0 N–H and O–H groups in total. The summed E-state index contributed by atoms with van der Waals surface area (Å²) in [4.78, 5) is 16.6. The first-order chi connectivity index (χ1) is 14.8. The van der Waals surface area contributed by atoms with Crippen LogP contribution < -0.4 is 9.64 Å². The Labute approximate surface area is 193 Å². The highest BCUT2D eigenvalue weighted by atomic mass is 35.5. The summed E-state index contributed by atoms with van der Waals surface area (Å²) in [6.45, 7) is 3.81. The second-order valence-electron chi connectivity index (χ2n) is 7.05. The van der Waals surface area contributed by atoms with Gasteiger partial charge in [-0.2, -0.15) is 4.31 Å². The Hall–Kier alpha value is -2.00. The zero-order valence-corrected chi connectivity index (χ0v) is 19.8. The van der Waals surface area contributed by atoms with Crippen LogP contribution in [0.25, 0.3) is 0 Å². The van der Waals surface area contributed by atoms with Crippen molar-refractivity contribution in [2.75, 3.05) is 51.3 Å². The Morgan fingerprint density at radius 3 is 2.42 bits per heavy atom. The molecule has 0 aromatic heterocycles. The Bertz CT molecular complexity index is 1040. The van der Waals surface area contributed by atoms with Gasteiger partial charge in [0.15, 0.2) is 0 Å². The molecule has 0 bridgehead atoms. The predicted octanol–water partition coefficient (Wildman–Crippen LogP) is 3.36. The normalized spacial score (nSPS) is 14.7. The fourth-order valence-corrected chi connectivity index (χ4v) is 5.66. The smallest absolute Gasteiger partial charge is 0.245 e. The highest BCUT2D eigenvalue weighted by Crippen LogP contribution is 2.29. The Kier molecular flexibility index (Phi) is 7.69. The van der Waals surface area contributed by atoms with Gasteiger partial charge < -0.3 is 14.5 Å². The van der Waals surface area contributed by atoms with Gasteiger partial charge in [0.25, 0.3) is 0 Å². The number of piperazine rings is 1. The van der Waals surface area contributed by atoms with Crippen LogP contribution in [-0.2, 0) is 14.8 Å². The van der Waals surface area contributed by atoms with Crippen LogP contribution in [-0.4, -0.2) is 69.9 Å². The van der Waals surface area contributed by atoms with E-state index in [9.17, 15) is 13.2 Å². The van der Waals surface area contributed by atoms with Crippen LogP contribution >= 0.6 is 23.2 Å². The number of carbonyl (C=O) groups excluding carboxylic acids is 1. The van der Waals surface area contributed by atoms with Crippen LogP contribution in [0, 0.1) is 0 Å². The molecule has 1 aliphatic rings. The van der Waals surface area contributed by atoms with Crippen molar-refractivity contribution < 1.29 is 17.9 Å². The van der Waals surface area contributed by atoms with E-state index in [1.807, 2.05) is 24.3 Å². The van der Waals surface area contributed by atoms with Gasteiger partial charge in [-0.3, -0.25) is 4.79 Å². The van der Waals surface area contributed by atoms with Gasteiger partial charge in [0.2, 0.25) is 15.9 Å². The quantitative estimate of drug-likeness (QED) is 0.601. The SMILES string of the molecule is CCN(CC(=O)N1CCN(c2ccccc2OC)CC1)S(=O)(=O)c1cc(Cl)ccc1Cl. The molecule has 3 rings (SSSR count). The first-order valence-corrected chi connectivity index (χ1v) is 12.1. The van der Waals surface area contributed by atoms with Crippen LogP contribution in [0.15, 0.2) is 47.4 Å². The number of methoxy groups -OCH3 is 1. The van der Waals surface area contributed by atoms with Gasteiger partial charge >= 0.3 is 0 Å². The van der Waals surface area contributed by atoms with Crippen LogP contribution in [0.5, 0.6) is 5.75 Å². The van der Waals surface area contributed by atoms with E-state index in [1.165, 1.54) is 18.2 Å². The average molecular weight is 486 g/mol. The molecule has 31 heavy (non-hydrogen) atoms. The van der Waals surface area contributed by atoms with Crippen molar-refractivity contribution in [3.05, 3.63) is 52.5 Å². The molecule has 168 valence electrons.